The van der Waals surface area contributed by atoms with E-state index >= 15 is 0 Å². The molecule has 0 bridgehead atoms. The molecule has 3 aromatic rings. The third-order valence-electron chi connectivity index (χ3n) is 3.76. The number of carbonyl (C=O) groups excluding carboxylic acids is 1. The number of amides is 1. The van der Waals surface area contributed by atoms with Gasteiger partial charge in [-0.3, -0.25) is 9.52 Å². The van der Waals surface area contributed by atoms with Crippen LogP contribution in [0.4, 0.5) is 11.4 Å². The maximum atomic E-state index is 12.6. The van der Waals surface area contributed by atoms with Gasteiger partial charge in [-0.25, -0.2) is 8.42 Å². The van der Waals surface area contributed by atoms with E-state index in [0.29, 0.717) is 27.7 Å². The van der Waals surface area contributed by atoms with Crippen LogP contribution in [0.3, 0.4) is 0 Å². The van der Waals surface area contributed by atoms with E-state index in [1.807, 2.05) is 19.1 Å². The van der Waals surface area contributed by atoms with E-state index in [0.717, 1.165) is 16.9 Å². The monoisotopic (exact) mass is 417 g/mol. The molecular weight excluding hydrogens is 398 g/mol. The number of hydrogen-bond acceptors (Lipinski definition) is 6. The molecule has 0 aliphatic carbocycles. The largest absolute Gasteiger partial charge is 0.354 e. The molecule has 0 aliphatic heterocycles. The maximum absolute atomic E-state index is 12.6. The molecule has 3 rings (SSSR count). The summed E-state index contributed by atoms with van der Waals surface area (Å²) in [7, 11) is -3.67. The van der Waals surface area contributed by atoms with Crippen molar-refractivity contribution in [3.63, 3.8) is 0 Å². The third kappa shape index (κ3) is 4.68. The Morgan fingerprint density at radius 3 is 2.50 bits per heavy atom. The summed E-state index contributed by atoms with van der Waals surface area (Å²) in [5.74, 6) is 0.163. The number of nitrogens with one attached hydrogen (secondary N) is 2. The summed E-state index contributed by atoms with van der Waals surface area (Å²) in [6.45, 7) is 5.06. The zero-order chi connectivity index (χ0) is 20.3. The second-order valence-electron chi connectivity index (χ2n) is 6.15. The number of sulfonamides is 1. The summed E-state index contributed by atoms with van der Waals surface area (Å²) in [6, 6.07) is 10.4. The minimum absolute atomic E-state index is 0.198. The Morgan fingerprint density at radius 2 is 1.82 bits per heavy atom. The number of benzene rings is 1. The fraction of sp³-hybridized carbons (Fsp3) is 0.158. The van der Waals surface area contributed by atoms with Crippen molar-refractivity contribution in [1.29, 1.82) is 0 Å². The predicted molar refractivity (Wildman–Crippen MR) is 111 cm³/mol. The summed E-state index contributed by atoms with van der Waals surface area (Å²) in [5.41, 5.74) is 2.61. The molecule has 1 aromatic carbocycles. The van der Waals surface area contributed by atoms with Crippen LogP contribution in [-0.2, 0) is 14.8 Å². The van der Waals surface area contributed by atoms with E-state index in [1.165, 1.54) is 6.92 Å². The van der Waals surface area contributed by atoms with Gasteiger partial charge in [0.05, 0.1) is 0 Å². The van der Waals surface area contributed by atoms with Gasteiger partial charge in [0.15, 0.2) is 5.76 Å². The molecule has 2 heterocycles. The van der Waals surface area contributed by atoms with Crippen LogP contribution >= 0.6 is 11.3 Å². The van der Waals surface area contributed by atoms with Crippen LogP contribution in [0.2, 0.25) is 0 Å². The Bertz CT molecular complexity index is 1130. The van der Waals surface area contributed by atoms with Crippen LogP contribution in [0.25, 0.3) is 12.2 Å². The molecule has 9 heteroatoms. The van der Waals surface area contributed by atoms with Crippen molar-refractivity contribution in [2.75, 3.05) is 10.0 Å². The van der Waals surface area contributed by atoms with Crippen LogP contribution < -0.4 is 10.0 Å². The molecule has 2 aromatic heterocycles. The second-order valence-corrected chi connectivity index (χ2v) is 9.17. The molecule has 2 N–H and O–H groups in total. The Balaban J connectivity index is 1.78. The first-order valence-electron chi connectivity index (χ1n) is 8.36. The number of aromatic nitrogens is 1. The van der Waals surface area contributed by atoms with E-state index < -0.39 is 10.0 Å². The second kappa shape index (κ2) is 7.99. The summed E-state index contributed by atoms with van der Waals surface area (Å²) < 4.78 is 33.1. The number of hydrogen-bond donors (Lipinski definition) is 2. The van der Waals surface area contributed by atoms with E-state index in [-0.39, 0.29) is 10.1 Å². The number of nitrogens with zero attached hydrogens (tertiary/aromatic N) is 1. The molecule has 7 nitrogen and oxygen atoms in total. The average molecular weight is 418 g/mol. The Kier molecular flexibility index (Phi) is 5.66. The highest BCUT2D eigenvalue weighted by molar-refractivity contribution is 7.94. The van der Waals surface area contributed by atoms with Gasteiger partial charge in [-0.05, 0) is 50.3 Å². The fourth-order valence-electron chi connectivity index (χ4n) is 2.38. The van der Waals surface area contributed by atoms with Crippen molar-refractivity contribution in [3.05, 3.63) is 58.3 Å². The number of thiophene rings is 1. The lowest BCUT2D eigenvalue weighted by atomic mass is 10.2. The zero-order valence-electron chi connectivity index (χ0n) is 15.5. The molecular formula is C19H19N3O4S2. The summed E-state index contributed by atoms with van der Waals surface area (Å²) in [4.78, 5) is 12.0. The van der Waals surface area contributed by atoms with Gasteiger partial charge in [0, 0.05) is 17.5 Å². The molecule has 1 amide bonds. The molecule has 0 spiro atoms. The normalized spacial score (nSPS) is 11.7. The molecule has 0 fully saturated rings. The quantitative estimate of drug-likeness (QED) is 0.623. The molecule has 0 aliphatic rings. The molecule has 0 radical (unpaired) electrons. The van der Waals surface area contributed by atoms with Crippen molar-refractivity contribution < 1.29 is 17.7 Å². The van der Waals surface area contributed by atoms with Crippen molar-refractivity contribution in [2.45, 2.75) is 25.0 Å². The van der Waals surface area contributed by atoms with Crippen molar-refractivity contribution >= 4 is 50.8 Å². The number of aryl methyl sites for hydroxylation is 2. The van der Waals surface area contributed by atoms with Gasteiger partial charge < -0.3 is 9.84 Å². The van der Waals surface area contributed by atoms with Gasteiger partial charge in [-0.15, -0.1) is 11.3 Å². The van der Waals surface area contributed by atoms with E-state index in [1.54, 1.807) is 43.3 Å². The minimum Gasteiger partial charge on any atom is -0.354 e. The predicted octanol–water partition coefficient (Wildman–Crippen LogP) is 4.28. The zero-order valence-corrected chi connectivity index (χ0v) is 17.1. The van der Waals surface area contributed by atoms with Crippen molar-refractivity contribution in [2.24, 2.45) is 0 Å². The Morgan fingerprint density at radius 1 is 1.11 bits per heavy atom. The SMILES string of the molecule is CC(=O)Nc1c(C)noc1C=Cc1ccc(S(=O)(=O)Nc2ccc(C)cc2)s1. The van der Waals surface area contributed by atoms with Gasteiger partial charge in [0.2, 0.25) is 5.91 Å². The van der Waals surface area contributed by atoms with Gasteiger partial charge in [-0.2, -0.15) is 0 Å². The standard InChI is InChI=1S/C19H19N3O4S2/c1-12-4-6-15(7-5-12)22-28(24,25)18-11-9-16(27-18)8-10-17-19(20-14(3)23)13(2)21-26-17/h4-11,22H,1-3H3,(H,20,23). The summed E-state index contributed by atoms with van der Waals surface area (Å²) in [5, 5.41) is 6.51. The molecule has 0 saturated heterocycles. The Hall–Kier alpha value is -2.91. The topological polar surface area (TPSA) is 101 Å². The van der Waals surface area contributed by atoms with Gasteiger partial charge >= 0.3 is 0 Å². The highest BCUT2D eigenvalue weighted by Gasteiger charge is 2.17. The Labute approximate surface area is 167 Å². The van der Waals surface area contributed by atoms with E-state index in [9.17, 15) is 13.2 Å². The third-order valence-corrected chi connectivity index (χ3v) is 6.68. The molecule has 0 saturated carbocycles. The molecule has 0 unspecified atom stereocenters. The van der Waals surface area contributed by atoms with E-state index in [2.05, 4.69) is 15.2 Å². The van der Waals surface area contributed by atoms with Crippen molar-refractivity contribution in [3.8, 4) is 0 Å². The van der Waals surface area contributed by atoms with Crippen LogP contribution in [0.1, 0.15) is 28.8 Å². The fourth-order valence-corrected chi connectivity index (χ4v) is 4.67. The summed E-state index contributed by atoms with van der Waals surface area (Å²) >= 11 is 1.12. The first-order valence-corrected chi connectivity index (χ1v) is 10.7. The number of anilines is 2. The average Bonchev–Trinajstić information content (AvgIpc) is 3.23. The summed E-state index contributed by atoms with van der Waals surface area (Å²) in [6.07, 6.45) is 3.35. The highest BCUT2D eigenvalue weighted by atomic mass is 32.2. The lowest BCUT2D eigenvalue weighted by Gasteiger charge is -2.06. The van der Waals surface area contributed by atoms with Crippen LogP contribution in [0.15, 0.2) is 45.1 Å². The maximum Gasteiger partial charge on any atom is 0.271 e. The van der Waals surface area contributed by atoms with Gasteiger partial charge in [-0.1, -0.05) is 22.9 Å². The molecule has 0 atom stereocenters. The van der Waals surface area contributed by atoms with Crippen LogP contribution in [-0.4, -0.2) is 19.5 Å². The first kappa shape index (κ1) is 19.8. The highest BCUT2D eigenvalue weighted by Crippen LogP contribution is 2.27. The lowest BCUT2D eigenvalue weighted by Crippen LogP contribution is -2.11. The van der Waals surface area contributed by atoms with Gasteiger partial charge in [0.25, 0.3) is 10.0 Å². The smallest absolute Gasteiger partial charge is 0.271 e. The lowest BCUT2D eigenvalue weighted by molar-refractivity contribution is -0.114. The number of carbonyl (C=O) groups is 1. The first-order chi connectivity index (χ1) is 13.2. The minimum atomic E-state index is -3.67. The van der Waals surface area contributed by atoms with Crippen LogP contribution in [0.5, 0.6) is 0 Å². The van der Waals surface area contributed by atoms with E-state index in [4.69, 9.17) is 4.52 Å². The molecule has 28 heavy (non-hydrogen) atoms. The number of rotatable bonds is 6. The molecule has 146 valence electrons. The van der Waals surface area contributed by atoms with Crippen LogP contribution in [0, 0.1) is 13.8 Å². The van der Waals surface area contributed by atoms with Crippen molar-refractivity contribution in [1.82, 2.24) is 5.16 Å². The van der Waals surface area contributed by atoms with Gasteiger partial charge in [0.1, 0.15) is 15.6 Å².